The molecule has 0 radical (unpaired) electrons. The summed E-state index contributed by atoms with van der Waals surface area (Å²) in [6, 6.07) is 6.68. The van der Waals surface area contributed by atoms with Crippen molar-refractivity contribution in [2.75, 3.05) is 19.6 Å². The summed E-state index contributed by atoms with van der Waals surface area (Å²) in [6.07, 6.45) is 6.40. The molecule has 3 aliphatic heterocycles. The predicted molar refractivity (Wildman–Crippen MR) is 132 cm³/mol. The third-order valence-corrected chi connectivity index (χ3v) is 9.04. The molecule has 5 heterocycles. The highest BCUT2D eigenvalue weighted by Gasteiger charge is 2.42. The van der Waals surface area contributed by atoms with Gasteiger partial charge in [-0.1, -0.05) is 18.9 Å². The van der Waals surface area contributed by atoms with Gasteiger partial charge in [0.15, 0.2) is 0 Å². The van der Waals surface area contributed by atoms with E-state index in [-0.39, 0.29) is 17.7 Å². The Kier molecular flexibility index (Phi) is 6.71. The van der Waals surface area contributed by atoms with Crippen LogP contribution in [0.25, 0.3) is 10.6 Å². The van der Waals surface area contributed by atoms with E-state index >= 15 is 0 Å². The number of nitrogens with one attached hydrogen (secondary N) is 1. The fraction of sp³-hybridized carbons (Fsp3) is 0.615. The van der Waals surface area contributed by atoms with Gasteiger partial charge in [0.05, 0.1) is 17.0 Å². The van der Waals surface area contributed by atoms with Crippen LogP contribution in [0, 0.1) is 18.3 Å². The van der Waals surface area contributed by atoms with Crippen molar-refractivity contribution in [2.24, 2.45) is 11.3 Å². The summed E-state index contributed by atoms with van der Waals surface area (Å²) < 4.78 is 0. The molecule has 4 fully saturated rings. The van der Waals surface area contributed by atoms with Crippen LogP contribution >= 0.6 is 11.3 Å². The van der Waals surface area contributed by atoms with Crippen molar-refractivity contribution in [1.82, 2.24) is 20.2 Å². The van der Waals surface area contributed by atoms with E-state index in [9.17, 15) is 14.7 Å². The largest absolute Gasteiger partial charge is 0.481 e. The van der Waals surface area contributed by atoms with Gasteiger partial charge in [0.2, 0.25) is 5.91 Å². The van der Waals surface area contributed by atoms with Crippen molar-refractivity contribution in [3.8, 4) is 10.6 Å². The van der Waals surface area contributed by atoms with Crippen LogP contribution < -0.4 is 5.32 Å². The molecular formula is C26H34N4O3S. The van der Waals surface area contributed by atoms with Crippen LogP contribution in [0.1, 0.15) is 68.8 Å². The fourth-order valence-electron chi connectivity index (χ4n) is 6.51. The zero-order valence-corrected chi connectivity index (χ0v) is 20.6. The molecule has 4 unspecified atom stereocenters. The number of carboxylic acid groups (broad SMARTS) is 1. The SMILES string of the molecule is Cc1nc(-c2cccs2)cc(C2CN3CCC2CC3CNC(=O)CC2(CC(=O)O)CCCC2)n1. The molecule has 2 N–H and O–H groups in total. The van der Waals surface area contributed by atoms with Crippen LogP contribution in [-0.2, 0) is 9.59 Å². The van der Waals surface area contributed by atoms with Crippen molar-refractivity contribution in [1.29, 1.82) is 0 Å². The van der Waals surface area contributed by atoms with E-state index in [4.69, 9.17) is 4.98 Å². The molecule has 1 amide bonds. The Hall–Kier alpha value is -2.32. The molecule has 4 atom stereocenters. The molecule has 34 heavy (non-hydrogen) atoms. The first-order valence-corrected chi connectivity index (χ1v) is 13.4. The first kappa shape index (κ1) is 23.4. The Morgan fingerprint density at radius 3 is 2.76 bits per heavy atom. The smallest absolute Gasteiger partial charge is 0.303 e. The third kappa shape index (κ3) is 5.03. The van der Waals surface area contributed by atoms with Gasteiger partial charge in [-0.15, -0.1) is 11.3 Å². The second-order valence-corrected chi connectivity index (χ2v) is 11.4. The molecule has 1 saturated carbocycles. The lowest BCUT2D eigenvalue weighted by atomic mass is 9.74. The Balaban J connectivity index is 1.20. The Labute approximate surface area is 205 Å². The van der Waals surface area contributed by atoms with Gasteiger partial charge in [0.1, 0.15) is 5.82 Å². The topological polar surface area (TPSA) is 95.4 Å². The van der Waals surface area contributed by atoms with Gasteiger partial charge in [-0.05, 0) is 68.0 Å². The molecule has 6 rings (SSSR count). The van der Waals surface area contributed by atoms with Crippen LogP contribution in [0.4, 0.5) is 0 Å². The lowest BCUT2D eigenvalue weighted by Gasteiger charge is -2.49. The molecule has 0 aromatic carbocycles. The maximum atomic E-state index is 12.8. The number of amides is 1. The van der Waals surface area contributed by atoms with Gasteiger partial charge in [-0.25, -0.2) is 9.97 Å². The van der Waals surface area contributed by atoms with Crippen LogP contribution in [0.3, 0.4) is 0 Å². The van der Waals surface area contributed by atoms with Crippen LogP contribution in [0.15, 0.2) is 23.6 Å². The standard InChI is InChI=1S/C26H34N4O3S/c1-17-28-21(12-22(29-17)23-5-4-10-34-23)20-16-30-9-6-18(20)11-19(30)15-27-24(31)13-26(14-25(32)33)7-2-3-8-26/h4-5,10,12,18-20H,2-3,6-9,11,13-16H2,1H3,(H,27,31)(H,32,33). The fourth-order valence-corrected chi connectivity index (χ4v) is 7.20. The van der Waals surface area contributed by atoms with Crippen LogP contribution in [0.2, 0.25) is 0 Å². The normalized spacial score (nSPS) is 27.6. The summed E-state index contributed by atoms with van der Waals surface area (Å²) >= 11 is 1.71. The molecule has 2 aromatic heterocycles. The summed E-state index contributed by atoms with van der Waals surface area (Å²) in [7, 11) is 0. The van der Waals surface area contributed by atoms with Gasteiger partial charge >= 0.3 is 5.97 Å². The molecule has 0 spiro atoms. The number of fused-ring (bicyclic) bond motifs is 3. The number of aryl methyl sites for hydroxylation is 1. The van der Waals surface area contributed by atoms with E-state index in [1.807, 2.05) is 6.92 Å². The lowest BCUT2D eigenvalue weighted by molar-refractivity contribution is -0.140. The van der Waals surface area contributed by atoms with E-state index < -0.39 is 5.97 Å². The zero-order chi connectivity index (χ0) is 23.7. The van der Waals surface area contributed by atoms with E-state index in [0.29, 0.717) is 30.8 Å². The number of thiophene rings is 1. The first-order chi connectivity index (χ1) is 16.4. The number of carbonyl (C=O) groups excluding carboxylic acids is 1. The van der Waals surface area contributed by atoms with E-state index in [0.717, 1.165) is 68.8 Å². The number of carbonyl (C=O) groups is 2. The number of hydrogen-bond donors (Lipinski definition) is 2. The third-order valence-electron chi connectivity index (χ3n) is 8.15. The number of nitrogens with zero attached hydrogens (tertiary/aromatic N) is 3. The predicted octanol–water partition coefficient (Wildman–Crippen LogP) is 4.23. The van der Waals surface area contributed by atoms with Crippen molar-refractivity contribution < 1.29 is 14.7 Å². The number of rotatable bonds is 8. The number of piperidine rings is 3. The summed E-state index contributed by atoms with van der Waals surface area (Å²) in [5.41, 5.74) is 1.81. The summed E-state index contributed by atoms with van der Waals surface area (Å²) in [5, 5.41) is 14.6. The maximum absolute atomic E-state index is 12.8. The molecular weight excluding hydrogens is 448 g/mol. The minimum atomic E-state index is -0.793. The van der Waals surface area contributed by atoms with Crippen molar-refractivity contribution in [2.45, 2.75) is 70.3 Å². The van der Waals surface area contributed by atoms with Crippen molar-refractivity contribution in [3.05, 3.63) is 35.1 Å². The average Bonchev–Trinajstić information content (AvgIpc) is 3.50. The molecule has 3 saturated heterocycles. The highest BCUT2D eigenvalue weighted by molar-refractivity contribution is 7.13. The first-order valence-electron chi connectivity index (χ1n) is 12.5. The molecule has 1 aliphatic carbocycles. The van der Waals surface area contributed by atoms with E-state index in [2.05, 4.69) is 38.8 Å². The van der Waals surface area contributed by atoms with E-state index in [1.165, 1.54) is 4.88 Å². The summed E-state index contributed by atoms with van der Waals surface area (Å²) in [4.78, 5) is 37.3. The van der Waals surface area contributed by atoms with Crippen molar-refractivity contribution >= 4 is 23.2 Å². The van der Waals surface area contributed by atoms with Gasteiger partial charge in [-0.2, -0.15) is 0 Å². The summed E-state index contributed by atoms with van der Waals surface area (Å²) in [5.74, 6) is 1.00. The highest BCUT2D eigenvalue weighted by Crippen LogP contribution is 2.44. The highest BCUT2D eigenvalue weighted by atomic mass is 32.1. The monoisotopic (exact) mass is 482 g/mol. The van der Waals surface area contributed by atoms with Gasteiger partial charge in [-0.3, -0.25) is 14.5 Å². The average molecular weight is 483 g/mol. The van der Waals surface area contributed by atoms with Gasteiger partial charge in [0, 0.05) is 37.2 Å². The van der Waals surface area contributed by atoms with Crippen LogP contribution in [-0.4, -0.2) is 57.5 Å². The van der Waals surface area contributed by atoms with E-state index in [1.54, 1.807) is 11.3 Å². The molecule has 4 aliphatic rings. The summed E-state index contributed by atoms with van der Waals surface area (Å²) in [6.45, 7) is 4.65. The number of hydrogen-bond acceptors (Lipinski definition) is 6. The molecule has 7 nitrogen and oxygen atoms in total. The number of carboxylic acids is 1. The van der Waals surface area contributed by atoms with Gasteiger partial charge < -0.3 is 10.4 Å². The molecule has 8 heteroatoms. The molecule has 2 bridgehead atoms. The molecule has 182 valence electrons. The van der Waals surface area contributed by atoms with Gasteiger partial charge in [0.25, 0.3) is 0 Å². The maximum Gasteiger partial charge on any atom is 0.303 e. The minimum absolute atomic E-state index is 0.00867. The molecule has 2 aromatic rings. The van der Waals surface area contributed by atoms with Crippen LogP contribution in [0.5, 0.6) is 0 Å². The lowest BCUT2D eigenvalue weighted by Crippen LogP contribution is -2.56. The number of aromatic nitrogens is 2. The Morgan fingerprint density at radius 2 is 2.09 bits per heavy atom. The Morgan fingerprint density at radius 1 is 1.26 bits per heavy atom. The second-order valence-electron chi connectivity index (χ2n) is 10.5. The Bertz CT molecular complexity index is 1030. The number of aliphatic carboxylic acids is 1. The quantitative estimate of drug-likeness (QED) is 0.585. The van der Waals surface area contributed by atoms with Crippen molar-refractivity contribution in [3.63, 3.8) is 0 Å². The minimum Gasteiger partial charge on any atom is -0.481 e. The second kappa shape index (κ2) is 9.74. The zero-order valence-electron chi connectivity index (χ0n) is 19.8.